The number of rotatable bonds is 22. The molecule has 5 aliphatic rings. The van der Waals surface area contributed by atoms with E-state index in [1.54, 1.807) is 60.7 Å². The number of ether oxygens (including phenoxy) is 13. The van der Waals surface area contributed by atoms with Crippen molar-refractivity contribution >= 4 is 65.4 Å². The summed E-state index contributed by atoms with van der Waals surface area (Å²) in [6.07, 6.45) is -21.9. The van der Waals surface area contributed by atoms with E-state index in [4.69, 9.17) is 61.6 Å². The zero-order valence-corrected chi connectivity index (χ0v) is 49.3. The summed E-state index contributed by atoms with van der Waals surface area (Å²) in [5.74, 6) is -10.3. The van der Waals surface area contributed by atoms with Crippen molar-refractivity contribution in [3.05, 3.63) is 143 Å². The molecule has 89 heavy (non-hydrogen) atoms. The monoisotopic (exact) mass is 1240 g/mol. The average Bonchev–Trinajstić information content (AvgIpc) is 1.75. The molecule has 4 aromatic carbocycles. The summed E-state index contributed by atoms with van der Waals surface area (Å²) in [6, 6.07) is 23.5. The third-order valence-electron chi connectivity index (χ3n) is 14.8. The van der Waals surface area contributed by atoms with Crippen LogP contribution in [-0.4, -0.2) is 187 Å². The summed E-state index contributed by atoms with van der Waals surface area (Å²) < 4.78 is 81.8. The van der Waals surface area contributed by atoms with Gasteiger partial charge in [0, 0.05) is 48.5 Å². The van der Waals surface area contributed by atoms with E-state index < -0.39 is 177 Å². The molecule has 4 aromatic rings. The number of nitrogens with one attached hydrogen (secondary N) is 1. The second-order valence-electron chi connectivity index (χ2n) is 21.3. The zero-order chi connectivity index (χ0) is 63.8. The molecule has 15 atom stereocenters. The Balaban J connectivity index is 1.27. The normalized spacial score (nSPS) is 28.0. The highest BCUT2D eigenvalue weighted by molar-refractivity contribution is 6.22. The second-order valence-corrected chi connectivity index (χ2v) is 21.3. The van der Waals surface area contributed by atoms with E-state index in [1.165, 1.54) is 48.5 Å². The van der Waals surface area contributed by atoms with Gasteiger partial charge in [0.25, 0.3) is 23.6 Å². The SMILES string of the molecule is CC(=O)N[C@H]1[C@@H](OCc2ccccc2)O[C@H](COCc2ccccc2)[C@H](O[C@@H]2O[C@H](COC(C)=O)[C@H](OC(C)=O)[C@H](OC(C)=O)[C@H]2N2C(=O)c3ccccc3C2=O)[C@@H]1O[C@@H]1O[C@H](COC(C)=O)[C@H](OC(C)=O)[C@H](OC(C)=O)[C@H]1N1C(=O)c2ccccc2C1=O. The first-order valence-corrected chi connectivity index (χ1v) is 28.3. The standard InChI is InChI=1S/C62H65N3O24/c1-31(66)63-47-53(89-62-49(65-58(75)42-24-16-17-25-43(42)59(65)76)55(84-37(7)72)52(82-35(5)70)46(87-62)30-79-33(3)68)50(44(28-77-26-38-18-10-8-11-19-38)85-60(47)80-27-39-20-12-9-13-21-39)88-61-48(64-56(73)40-22-14-15-23-41(40)57(64)74)54(83-36(6)71)51(81-34(4)69)45(86-61)29-78-32(2)67/h8-25,44-55,60-62H,26-30H2,1-7H3,(H,63,66)/t44-,45-,46-,47-,48-,49-,50+,51+,52+,53-,54-,55-,60+,61+,62+/m1/s1. The summed E-state index contributed by atoms with van der Waals surface area (Å²) in [6.45, 7) is 5.06. The number of carbonyl (C=O) groups excluding carboxylic acids is 11. The number of esters is 6. The van der Waals surface area contributed by atoms with Crippen LogP contribution in [0.25, 0.3) is 0 Å². The zero-order valence-electron chi connectivity index (χ0n) is 49.3. The van der Waals surface area contributed by atoms with Crippen LogP contribution in [0.3, 0.4) is 0 Å². The third kappa shape index (κ3) is 14.9. The van der Waals surface area contributed by atoms with Crippen molar-refractivity contribution in [2.75, 3.05) is 19.8 Å². The van der Waals surface area contributed by atoms with Crippen LogP contribution in [-0.2, 0) is 108 Å². The van der Waals surface area contributed by atoms with Crippen molar-refractivity contribution in [1.82, 2.24) is 15.1 Å². The maximum atomic E-state index is 14.9. The van der Waals surface area contributed by atoms with Crippen molar-refractivity contribution < 1.29 is 114 Å². The molecule has 27 nitrogen and oxygen atoms in total. The Morgan fingerprint density at radius 1 is 0.404 bits per heavy atom. The van der Waals surface area contributed by atoms with Gasteiger partial charge in [-0.25, -0.2) is 0 Å². The first-order chi connectivity index (χ1) is 42.6. The van der Waals surface area contributed by atoms with Crippen molar-refractivity contribution in [3.63, 3.8) is 0 Å². The van der Waals surface area contributed by atoms with Crippen molar-refractivity contribution in [2.45, 2.75) is 154 Å². The first kappa shape index (κ1) is 64.6. The molecule has 1 N–H and O–H groups in total. The van der Waals surface area contributed by atoms with Gasteiger partial charge in [-0.3, -0.25) is 62.5 Å². The number of amides is 5. The first-order valence-electron chi connectivity index (χ1n) is 28.3. The van der Waals surface area contributed by atoms with E-state index in [9.17, 15) is 52.7 Å². The van der Waals surface area contributed by atoms with Gasteiger partial charge in [0.15, 0.2) is 43.3 Å². The van der Waals surface area contributed by atoms with Crippen molar-refractivity contribution in [2.24, 2.45) is 0 Å². The van der Waals surface area contributed by atoms with Crippen molar-refractivity contribution in [3.8, 4) is 0 Å². The molecule has 0 bridgehead atoms. The fraction of sp³-hybridized carbons (Fsp3) is 0.435. The molecule has 3 fully saturated rings. The molecule has 5 aliphatic heterocycles. The lowest BCUT2D eigenvalue weighted by atomic mass is 9.92. The lowest BCUT2D eigenvalue weighted by molar-refractivity contribution is -0.365. The van der Waals surface area contributed by atoms with Crippen LogP contribution < -0.4 is 5.32 Å². The van der Waals surface area contributed by atoms with Gasteiger partial charge >= 0.3 is 35.8 Å². The predicted octanol–water partition coefficient (Wildman–Crippen LogP) is 3.05. The minimum Gasteiger partial charge on any atom is -0.463 e. The van der Waals surface area contributed by atoms with Gasteiger partial charge in [-0.05, 0) is 35.4 Å². The number of fused-ring (bicyclic) bond motifs is 2. The van der Waals surface area contributed by atoms with Crippen molar-refractivity contribution in [1.29, 1.82) is 0 Å². The number of carbonyl (C=O) groups is 11. The highest BCUT2D eigenvalue weighted by Crippen LogP contribution is 2.42. The highest BCUT2D eigenvalue weighted by Gasteiger charge is 2.63. The Hall–Kier alpha value is -8.83. The number of benzene rings is 4. The van der Waals surface area contributed by atoms with E-state index in [-0.39, 0.29) is 35.5 Å². The van der Waals surface area contributed by atoms with Crippen LogP contribution in [0, 0.1) is 0 Å². The number of hydrogen-bond acceptors (Lipinski definition) is 24. The Bertz CT molecular complexity index is 3260. The maximum absolute atomic E-state index is 14.9. The molecule has 9 rings (SSSR count). The van der Waals surface area contributed by atoms with Gasteiger partial charge in [0.05, 0.1) is 42.1 Å². The van der Waals surface area contributed by atoms with Gasteiger partial charge in [-0.2, -0.15) is 0 Å². The van der Waals surface area contributed by atoms with Crippen LogP contribution >= 0.6 is 0 Å². The molecule has 0 spiro atoms. The molecule has 0 aliphatic carbocycles. The van der Waals surface area contributed by atoms with Crippen LogP contribution in [0.15, 0.2) is 109 Å². The van der Waals surface area contributed by atoms with Crippen LogP contribution in [0.4, 0.5) is 0 Å². The molecule has 0 aromatic heterocycles. The Kier molecular flexibility index (Phi) is 20.7. The molecular weight excluding hydrogens is 1170 g/mol. The smallest absolute Gasteiger partial charge is 0.303 e. The lowest BCUT2D eigenvalue weighted by Gasteiger charge is -2.53. The summed E-state index contributed by atoms with van der Waals surface area (Å²) in [4.78, 5) is 153. The molecule has 5 amide bonds. The van der Waals surface area contributed by atoms with E-state index in [1.807, 2.05) is 0 Å². The molecule has 27 heteroatoms. The average molecular weight is 1240 g/mol. The van der Waals surface area contributed by atoms with Gasteiger partial charge in [0.1, 0.15) is 61.9 Å². The molecular formula is C62H65N3O24. The van der Waals surface area contributed by atoms with Gasteiger partial charge < -0.3 is 66.9 Å². The van der Waals surface area contributed by atoms with Gasteiger partial charge in [-0.1, -0.05) is 84.9 Å². The highest BCUT2D eigenvalue weighted by atomic mass is 16.8. The topological polar surface area (TPSA) is 326 Å². The largest absolute Gasteiger partial charge is 0.463 e. The van der Waals surface area contributed by atoms with E-state index >= 15 is 0 Å². The summed E-state index contributed by atoms with van der Waals surface area (Å²) in [5, 5.41) is 2.81. The van der Waals surface area contributed by atoms with E-state index in [0.717, 1.165) is 48.5 Å². The number of hydrogen-bond donors (Lipinski definition) is 1. The van der Waals surface area contributed by atoms with Gasteiger partial charge in [0.2, 0.25) is 5.91 Å². The fourth-order valence-corrected chi connectivity index (χ4v) is 11.3. The van der Waals surface area contributed by atoms with Crippen LogP contribution in [0.2, 0.25) is 0 Å². The fourth-order valence-electron chi connectivity index (χ4n) is 11.3. The predicted molar refractivity (Wildman–Crippen MR) is 298 cm³/mol. The third-order valence-corrected chi connectivity index (χ3v) is 14.8. The summed E-state index contributed by atoms with van der Waals surface area (Å²) in [7, 11) is 0. The minimum absolute atomic E-state index is 0.0861. The molecule has 0 unspecified atom stereocenters. The summed E-state index contributed by atoms with van der Waals surface area (Å²) >= 11 is 0. The Morgan fingerprint density at radius 2 is 0.753 bits per heavy atom. The molecule has 3 saturated heterocycles. The summed E-state index contributed by atoms with van der Waals surface area (Å²) in [5.41, 5.74) is 0.863. The van der Waals surface area contributed by atoms with Crippen LogP contribution in [0.1, 0.15) is 101 Å². The molecule has 472 valence electrons. The van der Waals surface area contributed by atoms with E-state index in [2.05, 4.69) is 5.32 Å². The maximum Gasteiger partial charge on any atom is 0.303 e. The van der Waals surface area contributed by atoms with Crippen LogP contribution in [0.5, 0.6) is 0 Å². The van der Waals surface area contributed by atoms with E-state index in [0.29, 0.717) is 20.9 Å². The Labute approximate surface area is 509 Å². The Morgan fingerprint density at radius 3 is 1.13 bits per heavy atom. The second kappa shape index (κ2) is 28.6. The number of nitrogens with zero attached hydrogens (tertiary/aromatic N) is 2. The minimum atomic E-state index is -2.14. The quantitative estimate of drug-likeness (QED) is 0.0671. The lowest BCUT2D eigenvalue weighted by Crippen LogP contribution is -2.73. The molecule has 0 saturated carbocycles. The molecule has 5 heterocycles. The number of imide groups is 2. The molecule has 0 radical (unpaired) electrons. The van der Waals surface area contributed by atoms with Gasteiger partial charge in [-0.15, -0.1) is 0 Å².